The molecule has 1 aromatic rings. The molecule has 0 saturated carbocycles. The highest BCUT2D eigenvalue weighted by atomic mass is 35.5. The monoisotopic (exact) mass is 304 g/mol. The Morgan fingerprint density at radius 3 is 2.42 bits per heavy atom. The summed E-state index contributed by atoms with van der Waals surface area (Å²) in [5.41, 5.74) is 6.76. The van der Waals surface area contributed by atoms with Crippen LogP contribution in [-0.2, 0) is 0 Å². The molecular formula is C13H22Cl2N4. The number of nitrogens with two attached hydrogens (primary N) is 1. The fourth-order valence-electron chi connectivity index (χ4n) is 2.36. The van der Waals surface area contributed by atoms with Crippen molar-refractivity contribution in [1.82, 2.24) is 4.90 Å². The van der Waals surface area contributed by atoms with Crippen LogP contribution in [0.1, 0.15) is 13.3 Å². The van der Waals surface area contributed by atoms with Gasteiger partial charge < -0.3 is 15.5 Å². The van der Waals surface area contributed by atoms with Crippen LogP contribution in [0.25, 0.3) is 0 Å². The number of halogens is 2. The van der Waals surface area contributed by atoms with Crippen molar-refractivity contribution in [3.8, 4) is 0 Å². The molecule has 1 unspecified atom stereocenters. The molecule has 1 fully saturated rings. The first-order valence-electron chi connectivity index (χ1n) is 6.15. The van der Waals surface area contributed by atoms with Gasteiger partial charge in [0.1, 0.15) is 0 Å². The molecule has 1 saturated heterocycles. The van der Waals surface area contributed by atoms with E-state index < -0.39 is 0 Å². The lowest BCUT2D eigenvalue weighted by atomic mass is 10.1. The summed E-state index contributed by atoms with van der Waals surface area (Å²) >= 11 is 0. The van der Waals surface area contributed by atoms with Crippen molar-refractivity contribution in [3.63, 3.8) is 0 Å². The number of hydrogen-bond acceptors (Lipinski definition) is 2. The van der Waals surface area contributed by atoms with Crippen LogP contribution in [0.4, 0.5) is 5.69 Å². The van der Waals surface area contributed by atoms with Crippen LogP contribution in [-0.4, -0.2) is 36.5 Å². The number of hydrogen-bond donors (Lipinski definition) is 2. The largest absolute Gasteiger partial charge is 0.341 e. The van der Waals surface area contributed by atoms with Gasteiger partial charge in [0.25, 0.3) is 0 Å². The first kappa shape index (κ1) is 18.0. The lowest BCUT2D eigenvalue weighted by Crippen LogP contribution is -2.36. The average Bonchev–Trinajstić information content (AvgIpc) is 2.67. The average molecular weight is 305 g/mol. The summed E-state index contributed by atoms with van der Waals surface area (Å²) in [6, 6.07) is 10.5. The van der Waals surface area contributed by atoms with Crippen LogP contribution in [0, 0.1) is 5.41 Å². The SMILES string of the molecule is CCN1CC(CCN)N(c2ccccc2)C1=N.Cl.Cl. The van der Waals surface area contributed by atoms with Gasteiger partial charge in [-0.05, 0) is 32.0 Å². The van der Waals surface area contributed by atoms with Crippen LogP contribution >= 0.6 is 24.8 Å². The Morgan fingerprint density at radius 1 is 1.26 bits per heavy atom. The maximum Gasteiger partial charge on any atom is 0.198 e. The Kier molecular flexibility index (Phi) is 7.83. The molecule has 0 aromatic heterocycles. The van der Waals surface area contributed by atoms with Gasteiger partial charge in [-0.3, -0.25) is 5.41 Å². The van der Waals surface area contributed by atoms with E-state index in [1.807, 2.05) is 18.2 Å². The summed E-state index contributed by atoms with van der Waals surface area (Å²) in [6.07, 6.45) is 0.924. The van der Waals surface area contributed by atoms with Gasteiger partial charge in [0, 0.05) is 18.8 Å². The second kappa shape index (κ2) is 8.25. The molecule has 19 heavy (non-hydrogen) atoms. The molecule has 108 valence electrons. The number of likely N-dealkylation sites (N-methyl/N-ethyl adjacent to an activating group) is 1. The predicted octanol–water partition coefficient (Wildman–Crippen LogP) is 2.32. The van der Waals surface area contributed by atoms with Crippen molar-refractivity contribution < 1.29 is 0 Å². The van der Waals surface area contributed by atoms with Gasteiger partial charge in [0.05, 0.1) is 6.04 Å². The first-order valence-corrected chi connectivity index (χ1v) is 6.15. The zero-order chi connectivity index (χ0) is 12.3. The number of nitrogens with one attached hydrogen (secondary N) is 1. The second-order valence-electron chi connectivity index (χ2n) is 4.30. The van der Waals surface area contributed by atoms with Crippen LogP contribution in [0.15, 0.2) is 30.3 Å². The number of para-hydroxylation sites is 1. The fourth-order valence-corrected chi connectivity index (χ4v) is 2.36. The normalized spacial score (nSPS) is 18.0. The van der Waals surface area contributed by atoms with Gasteiger partial charge in [-0.2, -0.15) is 0 Å². The van der Waals surface area contributed by atoms with Gasteiger partial charge in [-0.15, -0.1) is 24.8 Å². The van der Waals surface area contributed by atoms with Crippen LogP contribution in [0.2, 0.25) is 0 Å². The quantitative estimate of drug-likeness (QED) is 0.897. The summed E-state index contributed by atoms with van der Waals surface area (Å²) in [6.45, 7) is 4.53. The van der Waals surface area contributed by atoms with Gasteiger partial charge >= 0.3 is 0 Å². The smallest absolute Gasteiger partial charge is 0.198 e. The highest BCUT2D eigenvalue weighted by Crippen LogP contribution is 2.25. The number of guanidine groups is 1. The van der Waals surface area contributed by atoms with E-state index in [1.54, 1.807) is 0 Å². The lowest BCUT2D eigenvalue weighted by Gasteiger charge is -2.24. The predicted molar refractivity (Wildman–Crippen MR) is 85.9 cm³/mol. The molecule has 1 atom stereocenters. The molecule has 6 heteroatoms. The Labute approximate surface area is 127 Å². The van der Waals surface area contributed by atoms with Crippen molar-refractivity contribution in [3.05, 3.63) is 30.3 Å². The maximum absolute atomic E-state index is 8.22. The van der Waals surface area contributed by atoms with Crippen molar-refractivity contribution in [2.75, 3.05) is 24.5 Å². The highest BCUT2D eigenvalue weighted by Gasteiger charge is 2.33. The topological polar surface area (TPSA) is 56.4 Å². The molecule has 1 aliphatic rings. The first-order chi connectivity index (χ1) is 8.27. The zero-order valence-corrected chi connectivity index (χ0v) is 12.7. The minimum Gasteiger partial charge on any atom is -0.341 e. The molecule has 0 bridgehead atoms. The van der Waals surface area contributed by atoms with E-state index in [0.29, 0.717) is 18.5 Å². The van der Waals surface area contributed by atoms with E-state index in [4.69, 9.17) is 11.1 Å². The van der Waals surface area contributed by atoms with E-state index in [-0.39, 0.29) is 24.8 Å². The molecule has 0 spiro atoms. The van der Waals surface area contributed by atoms with Crippen LogP contribution in [0.5, 0.6) is 0 Å². The fraction of sp³-hybridized carbons (Fsp3) is 0.462. The Balaban J connectivity index is 0.00000162. The van der Waals surface area contributed by atoms with E-state index in [1.165, 1.54) is 0 Å². The van der Waals surface area contributed by atoms with Gasteiger partial charge in [-0.25, -0.2) is 0 Å². The van der Waals surface area contributed by atoms with Crippen molar-refractivity contribution in [1.29, 1.82) is 5.41 Å². The van der Waals surface area contributed by atoms with Crippen LogP contribution < -0.4 is 10.6 Å². The summed E-state index contributed by atoms with van der Waals surface area (Å²) in [5.74, 6) is 0.595. The molecule has 2 rings (SSSR count). The molecule has 0 radical (unpaired) electrons. The van der Waals surface area contributed by atoms with E-state index in [9.17, 15) is 0 Å². The number of rotatable bonds is 4. The number of nitrogens with zero attached hydrogens (tertiary/aromatic N) is 2. The zero-order valence-electron chi connectivity index (χ0n) is 11.1. The lowest BCUT2D eigenvalue weighted by molar-refractivity contribution is 0.445. The van der Waals surface area contributed by atoms with Crippen LogP contribution in [0.3, 0.4) is 0 Å². The van der Waals surface area contributed by atoms with E-state index in [2.05, 4.69) is 28.9 Å². The highest BCUT2D eigenvalue weighted by molar-refractivity contribution is 5.96. The molecule has 0 amide bonds. The Hall–Kier alpha value is -0.970. The minimum atomic E-state index is 0. The maximum atomic E-state index is 8.22. The summed E-state index contributed by atoms with van der Waals surface area (Å²) in [5, 5.41) is 8.22. The van der Waals surface area contributed by atoms with E-state index in [0.717, 1.165) is 25.2 Å². The molecule has 1 heterocycles. The van der Waals surface area contributed by atoms with Gasteiger partial charge in [-0.1, -0.05) is 18.2 Å². The van der Waals surface area contributed by atoms with Crippen molar-refractivity contribution >= 4 is 36.5 Å². The number of benzene rings is 1. The minimum absolute atomic E-state index is 0. The molecular weight excluding hydrogens is 283 g/mol. The standard InChI is InChI=1S/C13H20N4.2ClH/c1-2-16-10-12(8-9-14)17(13(16)15)11-6-4-3-5-7-11;;/h3-7,12,15H,2,8-10,14H2,1H3;2*1H. The van der Waals surface area contributed by atoms with Gasteiger partial charge in [0.15, 0.2) is 5.96 Å². The van der Waals surface area contributed by atoms with Crippen molar-refractivity contribution in [2.45, 2.75) is 19.4 Å². The Bertz CT molecular complexity index is 385. The third kappa shape index (κ3) is 3.75. The Morgan fingerprint density at radius 2 is 1.89 bits per heavy atom. The molecule has 1 aliphatic heterocycles. The summed E-state index contributed by atoms with van der Waals surface area (Å²) in [4.78, 5) is 4.18. The third-order valence-corrected chi connectivity index (χ3v) is 3.24. The number of anilines is 1. The third-order valence-electron chi connectivity index (χ3n) is 3.24. The van der Waals surface area contributed by atoms with E-state index >= 15 is 0 Å². The molecule has 0 aliphatic carbocycles. The summed E-state index contributed by atoms with van der Waals surface area (Å²) in [7, 11) is 0. The van der Waals surface area contributed by atoms with Crippen molar-refractivity contribution in [2.24, 2.45) is 5.73 Å². The molecule has 4 nitrogen and oxygen atoms in total. The van der Waals surface area contributed by atoms with Gasteiger partial charge in [0.2, 0.25) is 0 Å². The molecule has 3 N–H and O–H groups in total. The summed E-state index contributed by atoms with van der Waals surface area (Å²) < 4.78 is 0. The molecule has 1 aromatic carbocycles. The second-order valence-corrected chi connectivity index (χ2v) is 4.30.